The number of methoxy groups -OCH3 is 1. The van der Waals surface area contributed by atoms with E-state index in [0.29, 0.717) is 17.3 Å². The highest BCUT2D eigenvalue weighted by molar-refractivity contribution is 6.00. The number of nitrogens with one attached hydrogen (secondary N) is 1. The van der Waals surface area contributed by atoms with Crippen molar-refractivity contribution >= 4 is 28.1 Å². The zero-order valence-electron chi connectivity index (χ0n) is 14.1. The van der Waals surface area contributed by atoms with Gasteiger partial charge >= 0.3 is 0 Å². The van der Waals surface area contributed by atoms with Crippen LogP contribution in [0.4, 0.5) is 15.8 Å². The highest BCUT2D eigenvalue weighted by atomic mass is 19.1. The van der Waals surface area contributed by atoms with E-state index in [1.165, 1.54) is 12.1 Å². The van der Waals surface area contributed by atoms with Gasteiger partial charge in [0.25, 0.3) is 0 Å². The van der Waals surface area contributed by atoms with Crippen LogP contribution in [-0.2, 0) is 7.05 Å². The van der Waals surface area contributed by atoms with Crippen LogP contribution in [0.5, 0.6) is 5.75 Å². The Balaban J connectivity index is 2.00. The van der Waals surface area contributed by atoms with E-state index in [4.69, 9.17) is 4.74 Å². The van der Waals surface area contributed by atoms with Crippen molar-refractivity contribution in [3.63, 3.8) is 0 Å². The maximum atomic E-state index is 13.5. The normalized spacial score (nSPS) is 11.8. The van der Waals surface area contributed by atoms with Gasteiger partial charge in [-0.1, -0.05) is 6.07 Å². The molecule has 1 N–H and O–H groups in total. The van der Waals surface area contributed by atoms with Crippen LogP contribution >= 0.6 is 0 Å². The summed E-state index contributed by atoms with van der Waals surface area (Å²) in [4.78, 5) is 4.67. The molecule has 5 nitrogen and oxygen atoms in total. The Morgan fingerprint density at radius 1 is 1.29 bits per heavy atom. The first kappa shape index (κ1) is 16.0. The van der Waals surface area contributed by atoms with E-state index < -0.39 is 0 Å². The third kappa shape index (κ3) is 2.95. The number of ether oxygens (including phenoxy) is 1. The van der Waals surface area contributed by atoms with Gasteiger partial charge in [-0.2, -0.15) is 5.10 Å². The maximum absolute atomic E-state index is 13.5. The van der Waals surface area contributed by atoms with E-state index in [-0.39, 0.29) is 5.82 Å². The summed E-state index contributed by atoms with van der Waals surface area (Å²) in [6.07, 6.45) is 1.80. The largest absolute Gasteiger partial charge is 0.495 e. The highest BCUT2D eigenvalue weighted by Crippen LogP contribution is 2.30. The Bertz CT molecular complexity index is 930. The summed E-state index contributed by atoms with van der Waals surface area (Å²) >= 11 is 0. The molecule has 124 valence electrons. The minimum Gasteiger partial charge on any atom is -0.495 e. The molecule has 1 aromatic heterocycles. The molecule has 3 rings (SSSR count). The van der Waals surface area contributed by atoms with Gasteiger partial charge in [-0.15, -0.1) is 0 Å². The standard InChI is InChI=1S/C18H19FN4O/c1-11-5-7-16-14(10-20-23(16)3)18(11)22-12(2)21-15-9-13(19)6-8-17(15)24-4/h5-10H,1-4H3,(H,21,22). The number of hydrogen-bond acceptors (Lipinski definition) is 3. The van der Waals surface area contributed by atoms with Gasteiger partial charge in [-0.3, -0.25) is 4.68 Å². The SMILES string of the molecule is COc1ccc(F)cc1NC(C)=Nc1c(C)ccc2c1cnn2C. The van der Waals surface area contributed by atoms with Crippen LogP contribution in [0, 0.1) is 12.7 Å². The van der Waals surface area contributed by atoms with Crippen molar-refractivity contribution < 1.29 is 9.13 Å². The smallest absolute Gasteiger partial charge is 0.142 e. The molecule has 0 bridgehead atoms. The number of benzene rings is 2. The fraction of sp³-hybridized carbons (Fsp3) is 0.222. The molecule has 0 atom stereocenters. The van der Waals surface area contributed by atoms with E-state index >= 15 is 0 Å². The van der Waals surface area contributed by atoms with Crippen molar-refractivity contribution in [2.75, 3.05) is 12.4 Å². The molecule has 6 heteroatoms. The average Bonchev–Trinajstić information content (AvgIpc) is 2.92. The van der Waals surface area contributed by atoms with Gasteiger partial charge in [0.15, 0.2) is 0 Å². The molecule has 1 heterocycles. The Kier molecular flexibility index (Phi) is 4.20. The Hall–Kier alpha value is -2.89. The Morgan fingerprint density at radius 3 is 2.83 bits per heavy atom. The molecule has 0 saturated carbocycles. The van der Waals surface area contributed by atoms with E-state index in [9.17, 15) is 4.39 Å². The number of fused-ring (bicyclic) bond motifs is 1. The van der Waals surface area contributed by atoms with Gasteiger partial charge in [0.2, 0.25) is 0 Å². The Labute approximate surface area is 139 Å². The van der Waals surface area contributed by atoms with Crippen molar-refractivity contribution in [2.24, 2.45) is 12.0 Å². The summed E-state index contributed by atoms with van der Waals surface area (Å²) in [6, 6.07) is 8.36. The van der Waals surface area contributed by atoms with Crippen LogP contribution in [0.25, 0.3) is 10.9 Å². The third-order valence-corrected chi connectivity index (χ3v) is 3.86. The molecule has 0 aliphatic heterocycles. The third-order valence-electron chi connectivity index (χ3n) is 3.86. The van der Waals surface area contributed by atoms with Gasteiger partial charge in [0.05, 0.1) is 30.2 Å². The van der Waals surface area contributed by atoms with Gasteiger partial charge in [0, 0.05) is 18.5 Å². The number of aromatic nitrogens is 2. The minimum absolute atomic E-state index is 0.336. The van der Waals surface area contributed by atoms with Crippen molar-refractivity contribution in [2.45, 2.75) is 13.8 Å². The molecule has 0 unspecified atom stereocenters. The molecule has 0 fully saturated rings. The van der Waals surface area contributed by atoms with Crippen molar-refractivity contribution in [3.8, 4) is 5.75 Å². The summed E-state index contributed by atoms with van der Waals surface area (Å²) in [5.41, 5.74) is 3.44. The molecule has 0 aliphatic rings. The van der Waals surface area contributed by atoms with Crippen molar-refractivity contribution in [1.82, 2.24) is 9.78 Å². The number of rotatable bonds is 3. The van der Waals surface area contributed by atoms with Crippen LogP contribution in [-0.4, -0.2) is 22.7 Å². The average molecular weight is 326 g/mol. The number of anilines is 1. The predicted octanol–water partition coefficient (Wildman–Crippen LogP) is 4.19. The molecule has 0 saturated heterocycles. The van der Waals surface area contributed by atoms with Crippen LogP contribution < -0.4 is 10.1 Å². The molecule has 0 aliphatic carbocycles. The fourth-order valence-electron chi connectivity index (χ4n) is 2.64. The summed E-state index contributed by atoms with van der Waals surface area (Å²) < 4.78 is 20.6. The summed E-state index contributed by atoms with van der Waals surface area (Å²) in [5.74, 6) is 0.859. The molecular weight excluding hydrogens is 307 g/mol. The van der Waals surface area contributed by atoms with Crippen LogP contribution in [0.1, 0.15) is 12.5 Å². The highest BCUT2D eigenvalue weighted by Gasteiger charge is 2.09. The number of hydrogen-bond donors (Lipinski definition) is 1. The van der Waals surface area contributed by atoms with Crippen LogP contribution in [0.15, 0.2) is 41.5 Å². The van der Waals surface area contributed by atoms with Gasteiger partial charge in [-0.25, -0.2) is 9.38 Å². The van der Waals surface area contributed by atoms with Gasteiger partial charge in [-0.05, 0) is 37.6 Å². The van der Waals surface area contributed by atoms with E-state index in [2.05, 4.69) is 15.4 Å². The zero-order chi connectivity index (χ0) is 17.3. The molecule has 24 heavy (non-hydrogen) atoms. The van der Waals surface area contributed by atoms with Crippen LogP contribution in [0.2, 0.25) is 0 Å². The number of nitrogens with zero attached hydrogens (tertiary/aromatic N) is 3. The minimum atomic E-state index is -0.336. The topological polar surface area (TPSA) is 51.4 Å². The lowest BCUT2D eigenvalue weighted by Crippen LogP contribution is -2.08. The first-order chi connectivity index (χ1) is 11.5. The first-order valence-corrected chi connectivity index (χ1v) is 7.56. The molecule has 2 aromatic carbocycles. The lowest BCUT2D eigenvalue weighted by Gasteiger charge is -2.11. The summed E-state index contributed by atoms with van der Waals surface area (Å²) in [5, 5.41) is 8.37. The second-order valence-electron chi connectivity index (χ2n) is 5.60. The molecular formula is C18H19FN4O. The summed E-state index contributed by atoms with van der Waals surface area (Å²) in [7, 11) is 3.44. The fourth-order valence-corrected chi connectivity index (χ4v) is 2.64. The maximum Gasteiger partial charge on any atom is 0.142 e. The zero-order valence-corrected chi connectivity index (χ0v) is 14.1. The second kappa shape index (κ2) is 6.31. The first-order valence-electron chi connectivity index (χ1n) is 7.56. The van der Waals surface area contributed by atoms with Crippen molar-refractivity contribution in [1.29, 1.82) is 0 Å². The second-order valence-corrected chi connectivity index (χ2v) is 5.60. The quantitative estimate of drug-likeness (QED) is 0.580. The number of aliphatic imine (C=N–C) groups is 1. The van der Waals surface area contributed by atoms with Crippen LogP contribution in [0.3, 0.4) is 0 Å². The molecule has 3 aromatic rings. The van der Waals surface area contributed by atoms with E-state index in [0.717, 1.165) is 22.2 Å². The molecule has 0 spiro atoms. The molecule has 0 amide bonds. The van der Waals surface area contributed by atoms with Crippen molar-refractivity contribution in [3.05, 3.63) is 47.9 Å². The monoisotopic (exact) mass is 326 g/mol. The van der Waals surface area contributed by atoms with E-state index in [1.807, 2.05) is 37.7 Å². The number of aryl methyl sites for hydroxylation is 2. The predicted molar refractivity (Wildman–Crippen MR) is 94.8 cm³/mol. The molecule has 0 radical (unpaired) electrons. The lowest BCUT2D eigenvalue weighted by atomic mass is 10.1. The number of halogens is 1. The number of amidine groups is 1. The summed E-state index contributed by atoms with van der Waals surface area (Å²) in [6.45, 7) is 3.83. The van der Waals surface area contributed by atoms with Gasteiger partial charge in [0.1, 0.15) is 17.4 Å². The lowest BCUT2D eigenvalue weighted by molar-refractivity contribution is 0.416. The van der Waals surface area contributed by atoms with E-state index in [1.54, 1.807) is 19.4 Å². The van der Waals surface area contributed by atoms with Gasteiger partial charge < -0.3 is 10.1 Å². The Morgan fingerprint density at radius 2 is 2.08 bits per heavy atom.